The van der Waals surface area contributed by atoms with E-state index in [1.165, 1.54) is 5.56 Å². The van der Waals surface area contributed by atoms with Crippen LogP contribution in [0.4, 0.5) is 10.5 Å². The first-order valence-corrected chi connectivity index (χ1v) is 6.74. The van der Waals surface area contributed by atoms with Crippen LogP contribution >= 0.6 is 0 Å². The number of anilines is 1. The third-order valence-electron chi connectivity index (χ3n) is 2.94. The van der Waals surface area contributed by atoms with E-state index in [2.05, 4.69) is 16.0 Å². The molecule has 1 aromatic carbocycles. The summed E-state index contributed by atoms with van der Waals surface area (Å²) in [6.07, 6.45) is 0. The molecule has 20 heavy (non-hydrogen) atoms. The lowest BCUT2D eigenvalue weighted by Crippen LogP contribution is -2.47. The highest BCUT2D eigenvalue weighted by Gasteiger charge is 2.16. The number of nitrogens with one attached hydrogen (secondary N) is 3. The molecule has 5 nitrogen and oxygen atoms in total. The van der Waals surface area contributed by atoms with E-state index in [1.807, 2.05) is 45.9 Å². The zero-order valence-corrected chi connectivity index (χ0v) is 12.7. The average molecular weight is 277 g/mol. The van der Waals surface area contributed by atoms with Crippen molar-refractivity contribution in [2.75, 3.05) is 5.32 Å². The van der Waals surface area contributed by atoms with E-state index >= 15 is 0 Å². The van der Waals surface area contributed by atoms with Gasteiger partial charge in [0, 0.05) is 11.7 Å². The molecule has 0 fully saturated rings. The highest BCUT2D eigenvalue weighted by atomic mass is 16.2. The molecule has 3 N–H and O–H groups in total. The van der Waals surface area contributed by atoms with E-state index in [1.54, 1.807) is 6.92 Å². The van der Waals surface area contributed by atoms with Crippen LogP contribution in [-0.2, 0) is 4.79 Å². The molecule has 1 aromatic rings. The number of carbonyl (C=O) groups excluding carboxylic acids is 2. The molecule has 1 rings (SSSR count). The standard InChI is InChI=1S/C15H23N3O2/c1-9(2)16-15(20)18-14(19)12(5)17-13-7-6-10(3)11(4)8-13/h6-9,12,17H,1-5H3,(H2,16,18,19,20)/t12-/m0/s1. The topological polar surface area (TPSA) is 70.2 Å². The first kappa shape index (κ1) is 16.0. The second-order valence-electron chi connectivity index (χ2n) is 5.28. The number of carbonyl (C=O) groups is 2. The molecule has 0 aliphatic heterocycles. The largest absolute Gasteiger partial charge is 0.374 e. The van der Waals surface area contributed by atoms with Gasteiger partial charge in [-0.05, 0) is 57.9 Å². The predicted octanol–water partition coefficient (Wildman–Crippen LogP) is 2.34. The first-order chi connectivity index (χ1) is 9.29. The Kier molecular flexibility index (Phi) is 5.55. The van der Waals surface area contributed by atoms with Gasteiger partial charge in [0.1, 0.15) is 6.04 Å². The lowest BCUT2D eigenvalue weighted by Gasteiger charge is -2.16. The zero-order chi connectivity index (χ0) is 15.3. The van der Waals surface area contributed by atoms with Crippen molar-refractivity contribution in [2.24, 2.45) is 0 Å². The summed E-state index contributed by atoms with van der Waals surface area (Å²) in [6, 6.07) is 4.92. The van der Waals surface area contributed by atoms with Gasteiger partial charge in [-0.1, -0.05) is 6.07 Å². The number of benzene rings is 1. The van der Waals surface area contributed by atoms with Crippen molar-refractivity contribution in [1.82, 2.24) is 10.6 Å². The molecule has 0 saturated carbocycles. The third kappa shape index (κ3) is 4.91. The Bertz CT molecular complexity index is 498. The van der Waals surface area contributed by atoms with Gasteiger partial charge >= 0.3 is 6.03 Å². The van der Waals surface area contributed by atoms with Crippen molar-refractivity contribution < 1.29 is 9.59 Å². The van der Waals surface area contributed by atoms with Crippen molar-refractivity contribution in [3.8, 4) is 0 Å². The summed E-state index contributed by atoms with van der Waals surface area (Å²) in [5, 5.41) is 7.99. The smallest absolute Gasteiger partial charge is 0.321 e. The van der Waals surface area contributed by atoms with Crippen LogP contribution in [-0.4, -0.2) is 24.0 Å². The van der Waals surface area contributed by atoms with Crippen LogP contribution in [0.25, 0.3) is 0 Å². The normalized spacial score (nSPS) is 11.9. The number of hydrogen-bond donors (Lipinski definition) is 3. The molecular weight excluding hydrogens is 254 g/mol. The van der Waals surface area contributed by atoms with Gasteiger partial charge in [-0.25, -0.2) is 4.79 Å². The van der Waals surface area contributed by atoms with E-state index in [0.29, 0.717) is 0 Å². The summed E-state index contributed by atoms with van der Waals surface area (Å²) in [7, 11) is 0. The number of rotatable bonds is 4. The zero-order valence-electron chi connectivity index (χ0n) is 12.7. The fourth-order valence-corrected chi connectivity index (χ4v) is 1.67. The van der Waals surface area contributed by atoms with Crippen LogP contribution in [0.15, 0.2) is 18.2 Å². The summed E-state index contributed by atoms with van der Waals surface area (Å²) in [5.74, 6) is -0.360. The fraction of sp³-hybridized carbons (Fsp3) is 0.467. The number of urea groups is 1. The quantitative estimate of drug-likeness (QED) is 0.791. The molecule has 1 atom stereocenters. The average Bonchev–Trinajstić information content (AvgIpc) is 2.32. The molecule has 0 saturated heterocycles. The van der Waals surface area contributed by atoms with Crippen molar-refractivity contribution in [3.05, 3.63) is 29.3 Å². The number of aryl methyl sites for hydroxylation is 2. The van der Waals surface area contributed by atoms with Crippen molar-refractivity contribution in [1.29, 1.82) is 0 Å². The van der Waals surface area contributed by atoms with Gasteiger partial charge in [0.15, 0.2) is 0 Å². The predicted molar refractivity (Wildman–Crippen MR) is 80.8 cm³/mol. The van der Waals surface area contributed by atoms with Crippen LogP contribution in [0.2, 0.25) is 0 Å². The van der Waals surface area contributed by atoms with Crippen LogP contribution in [0.1, 0.15) is 31.9 Å². The minimum absolute atomic E-state index is 0.00851. The molecule has 5 heteroatoms. The molecular formula is C15H23N3O2. The Hall–Kier alpha value is -2.04. The van der Waals surface area contributed by atoms with Gasteiger partial charge in [0.2, 0.25) is 5.91 Å². The monoisotopic (exact) mass is 277 g/mol. The molecule has 0 unspecified atom stereocenters. The highest BCUT2D eigenvalue weighted by molar-refractivity contribution is 5.98. The van der Waals surface area contributed by atoms with E-state index < -0.39 is 12.1 Å². The summed E-state index contributed by atoms with van der Waals surface area (Å²) < 4.78 is 0. The van der Waals surface area contributed by atoms with Crippen molar-refractivity contribution >= 4 is 17.6 Å². The van der Waals surface area contributed by atoms with Gasteiger partial charge in [-0.15, -0.1) is 0 Å². The summed E-state index contributed by atoms with van der Waals surface area (Å²) >= 11 is 0. The van der Waals surface area contributed by atoms with Gasteiger partial charge in [-0.2, -0.15) is 0 Å². The number of imide groups is 1. The minimum Gasteiger partial charge on any atom is -0.374 e. The Labute approximate surface area is 120 Å². The summed E-state index contributed by atoms with van der Waals surface area (Å²) in [6.45, 7) is 9.43. The molecule has 0 aliphatic rings. The summed E-state index contributed by atoms with van der Waals surface area (Å²) in [4.78, 5) is 23.3. The lowest BCUT2D eigenvalue weighted by atomic mass is 10.1. The van der Waals surface area contributed by atoms with Crippen LogP contribution in [0, 0.1) is 13.8 Å². The van der Waals surface area contributed by atoms with Gasteiger partial charge in [0.05, 0.1) is 0 Å². The molecule has 0 aliphatic carbocycles. The fourth-order valence-electron chi connectivity index (χ4n) is 1.67. The Balaban J connectivity index is 2.57. The molecule has 0 aromatic heterocycles. The van der Waals surface area contributed by atoms with Crippen LogP contribution < -0.4 is 16.0 Å². The third-order valence-corrected chi connectivity index (χ3v) is 2.94. The minimum atomic E-state index is -0.491. The lowest BCUT2D eigenvalue weighted by molar-refractivity contribution is -0.120. The molecule has 3 amide bonds. The Morgan fingerprint density at radius 3 is 2.25 bits per heavy atom. The first-order valence-electron chi connectivity index (χ1n) is 6.74. The second kappa shape index (κ2) is 6.93. The van der Waals surface area contributed by atoms with E-state index in [9.17, 15) is 9.59 Å². The van der Waals surface area contributed by atoms with Crippen LogP contribution in [0.5, 0.6) is 0 Å². The molecule has 0 spiro atoms. The van der Waals surface area contributed by atoms with Gasteiger partial charge in [-0.3, -0.25) is 10.1 Å². The van der Waals surface area contributed by atoms with E-state index in [-0.39, 0.29) is 11.9 Å². The van der Waals surface area contributed by atoms with E-state index in [4.69, 9.17) is 0 Å². The van der Waals surface area contributed by atoms with Crippen molar-refractivity contribution in [2.45, 2.75) is 46.7 Å². The SMILES string of the molecule is Cc1ccc(N[C@@H](C)C(=O)NC(=O)NC(C)C)cc1C. The maximum Gasteiger partial charge on any atom is 0.321 e. The second-order valence-corrected chi connectivity index (χ2v) is 5.28. The Morgan fingerprint density at radius 1 is 1.05 bits per heavy atom. The van der Waals surface area contributed by atoms with Gasteiger partial charge < -0.3 is 10.6 Å². The maximum atomic E-state index is 11.9. The van der Waals surface area contributed by atoms with Gasteiger partial charge in [0.25, 0.3) is 0 Å². The molecule has 0 radical (unpaired) electrons. The highest BCUT2D eigenvalue weighted by Crippen LogP contribution is 2.14. The number of amides is 3. The molecule has 0 heterocycles. The summed E-state index contributed by atoms with van der Waals surface area (Å²) in [5.41, 5.74) is 3.21. The van der Waals surface area contributed by atoms with Crippen LogP contribution in [0.3, 0.4) is 0 Å². The Morgan fingerprint density at radius 2 is 1.70 bits per heavy atom. The maximum absolute atomic E-state index is 11.9. The number of hydrogen-bond acceptors (Lipinski definition) is 3. The molecule has 0 bridgehead atoms. The van der Waals surface area contributed by atoms with Crippen molar-refractivity contribution in [3.63, 3.8) is 0 Å². The molecule has 110 valence electrons. The van der Waals surface area contributed by atoms with E-state index in [0.717, 1.165) is 11.3 Å².